The molecule has 5 nitrogen and oxygen atoms in total. The number of aryl methyl sites for hydroxylation is 1. The summed E-state index contributed by atoms with van der Waals surface area (Å²) in [4.78, 5) is 24.9. The number of amides is 3. The lowest BCUT2D eigenvalue weighted by Crippen LogP contribution is -2.39. The molecular formula is C12H13ClN2O3. The third-order valence-corrected chi connectivity index (χ3v) is 3.17. The Morgan fingerprint density at radius 1 is 1.44 bits per heavy atom. The normalized spacial score (nSPS) is 21.1. The minimum Gasteiger partial charge on any atom is -0.391 e. The number of rotatable bonds is 2. The van der Waals surface area contributed by atoms with Crippen LogP contribution in [0.25, 0.3) is 0 Å². The van der Waals surface area contributed by atoms with Crippen molar-refractivity contribution in [3.05, 3.63) is 28.8 Å². The van der Waals surface area contributed by atoms with E-state index < -0.39 is 24.1 Å². The Hall–Kier alpha value is -1.59. The van der Waals surface area contributed by atoms with Crippen molar-refractivity contribution in [1.29, 1.82) is 0 Å². The number of anilines is 1. The van der Waals surface area contributed by atoms with Crippen LogP contribution in [0.5, 0.6) is 0 Å². The van der Waals surface area contributed by atoms with Gasteiger partial charge in [-0.2, -0.15) is 0 Å². The topological polar surface area (TPSA) is 69.6 Å². The average molecular weight is 269 g/mol. The SMILES string of the molecule is Cc1cccc(Cl)c1N1C(=O)N[C@H]([C@H](C)O)C1=O. The molecule has 1 aromatic carbocycles. The third kappa shape index (κ3) is 1.95. The number of benzene rings is 1. The molecule has 3 amide bonds. The van der Waals surface area contributed by atoms with Gasteiger partial charge in [0, 0.05) is 0 Å². The molecule has 0 radical (unpaired) electrons. The van der Waals surface area contributed by atoms with Crippen molar-refractivity contribution in [2.24, 2.45) is 0 Å². The van der Waals surface area contributed by atoms with Crippen LogP contribution in [-0.4, -0.2) is 29.2 Å². The van der Waals surface area contributed by atoms with Gasteiger partial charge >= 0.3 is 6.03 Å². The van der Waals surface area contributed by atoms with E-state index in [2.05, 4.69) is 5.32 Å². The van der Waals surface area contributed by atoms with E-state index in [1.165, 1.54) is 6.92 Å². The van der Waals surface area contributed by atoms with Gasteiger partial charge in [0.05, 0.1) is 16.8 Å². The zero-order valence-corrected chi connectivity index (χ0v) is 10.7. The average Bonchev–Trinajstić information content (AvgIpc) is 2.56. The number of carbonyl (C=O) groups is 2. The molecule has 2 rings (SSSR count). The Kier molecular flexibility index (Phi) is 3.28. The zero-order valence-electron chi connectivity index (χ0n) is 9.98. The molecular weight excluding hydrogens is 256 g/mol. The lowest BCUT2D eigenvalue weighted by molar-refractivity contribution is -0.120. The van der Waals surface area contributed by atoms with Gasteiger partial charge in [-0.05, 0) is 25.5 Å². The first-order valence-electron chi connectivity index (χ1n) is 5.51. The number of imide groups is 1. The highest BCUT2D eigenvalue weighted by Gasteiger charge is 2.42. The predicted molar refractivity (Wildman–Crippen MR) is 67.7 cm³/mol. The lowest BCUT2D eigenvalue weighted by Gasteiger charge is -2.17. The third-order valence-electron chi connectivity index (χ3n) is 2.86. The van der Waals surface area contributed by atoms with Gasteiger partial charge in [-0.15, -0.1) is 0 Å². The van der Waals surface area contributed by atoms with Crippen LogP contribution in [0.2, 0.25) is 5.02 Å². The molecule has 0 aromatic heterocycles. The first-order chi connectivity index (χ1) is 8.43. The van der Waals surface area contributed by atoms with Gasteiger partial charge in [-0.3, -0.25) is 4.79 Å². The monoisotopic (exact) mass is 268 g/mol. The molecule has 0 unspecified atom stereocenters. The van der Waals surface area contributed by atoms with Gasteiger partial charge in [0.25, 0.3) is 5.91 Å². The maximum atomic E-state index is 12.1. The van der Waals surface area contributed by atoms with Crippen molar-refractivity contribution >= 4 is 29.2 Å². The summed E-state index contributed by atoms with van der Waals surface area (Å²) in [5.41, 5.74) is 1.09. The fourth-order valence-corrected chi connectivity index (χ4v) is 2.25. The van der Waals surface area contributed by atoms with Crippen LogP contribution in [0.3, 0.4) is 0 Å². The Morgan fingerprint density at radius 2 is 2.11 bits per heavy atom. The number of para-hydroxylation sites is 1. The minimum absolute atomic E-state index is 0.324. The van der Waals surface area contributed by atoms with Crippen LogP contribution in [0, 0.1) is 6.92 Å². The molecule has 2 atom stereocenters. The van der Waals surface area contributed by atoms with Gasteiger partial charge in [0.15, 0.2) is 0 Å². The fourth-order valence-electron chi connectivity index (χ4n) is 1.94. The second kappa shape index (κ2) is 4.59. The molecule has 2 N–H and O–H groups in total. The Balaban J connectivity index is 2.46. The van der Waals surface area contributed by atoms with Gasteiger partial charge in [0.1, 0.15) is 6.04 Å². The van der Waals surface area contributed by atoms with Gasteiger partial charge in [0.2, 0.25) is 0 Å². The van der Waals surface area contributed by atoms with Crippen LogP contribution in [-0.2, 0) is 4.79 Å². The largest absolute Gasteiger partial charge is 0.391 e. The lowest BCUT2D eigenvalue weighted by atomic mass is 10.1. The summed E-state index contributed by atoms with van der Waals surface area (Å²) in [6.45, 7) is 3.21. The van der Waals surface area contributed by atoms with E-state index in [1.54, 1.807) is 25.1 Å². The second-order valence-electron chi connectivity index (χ2n) is 4.25. The van der Waals surface area contributed by atoms with Crippen molar-refractivity contribution in [3.8, 4) is 0 Å². The minimum atomic E-state index is -0.950. The number of nitrogens with one attached hydrogen (secondary N) is 1. The van der Waals surface area contributed by atoms with E-state index in [0.29, 0.717) is 10.7 Å². The maximum absolute atomic E-state index is 12.1. The number of aliphatic hydroxyl groups is 1. The van der Waals surface area contributed by atoms with Crippen LogP contribution in [0.1, 0.15) is 12.5 Å². The van der Waals surface area contributed by atoms with E-state index >= 15 is 0 Å². The van der Waals surface area contributed by atoms with E-state index in [9.17, 15) is 14.7 Å². The summed E-state index contributed by atoms with van der Waals surface area (Å²) in [5, 5.41) is 12.2. The van der Waals surface area contributed by atoms with Gasteiger partial charge < -0.3 is 10.4 Å². The summed E-state index contributed by atoms with van der Waals surface area (Å²) in [5.74, 6) is -0.494. The number of nitrogens with zero attached hydrogens (tertiary/aromatic N) is 1. The first kappa shape index (κ1) is 12.9. The van der Waals surface area contributed by atoms with E-state index in [1.807, 2.05) is 0 Å². The molecule has 18 heavy (non-hydrogen) atoms. The molecule has 1 aliphatic rings. The van der Waals surface area contributed by atoms with Crippen molar-refractivity contribution in [3.63, 3.8) is 0 Å². The molecule has 0 aliphatic carbocycles. The molecule has 0 saturated carbocycles. The summed E-state index contributed by atoms with van der Waals surface area (Å²) in [6, 6.07) is 3.62. The fraction of sp³-hybridized carbons (Fsp3) is 0.333. The predicted octanol–water partition coefficient (Wildman–Crippen LogP) is 1.45. The number of urea groups is 1. The molecule has 6 heteroatoms. The van der Waals surface area contributed by atoms with E-state index in [4.69, 9.17) is 11.6 Å². The van der Waals surface area contributed by atoms with Crippen LogP contribution >= 0.6 is 11.6 Å². The second-order valence-corrected chi connectivity index (χ2v) is 4.65. The highest BCUT2D eigenvalue weighted by Crippen LogP contribution is 2.31. The Morgan fingerprint density at radius 3 is 2.61 bits per heavy atom. The van der Waals surface area contributed by atoms with Crippen LogP contribution < -0.4 is 10.2 Å². The quantitative estimate of drug-likeness (QED) is 0.798. The molecule has 1 fully saturated rings. The molecule has 1 aromatic rings. The summed E-state index contributed by atoms with van der Waals surface area (Å²) >= 11 is 6.03. The van der Waals surface area contributed by atoms with Crippen molar-refractivity contribution < 1.29 is 14.7 Å². The number of halogens is 1. The molecule has 0 spiro atoms. The molecule has 0 bridgehead atoms. The van der Waals surface area contributed by atoms with Crippen LogP contribution in [0.15, 0.2) is 18.2 Å². The number of hydrogen-bond donors (Lipinski definition) is 2. The maximum Gasteiger partial charge on any atom is 0.329 e. The Bertz CT molecular complexity index is 496. The van der Waals surface area contributed by atoms with E-state index in [-0.39, 0.29) is 0 Å². The molecule has 1 saturated heterocycles. The Labute approximate surface area is 109 Å². The number of carbonyl (C=O) groups excluding carboxylic acids is 2. The zero-order chi connectivity index (χ0) is 13.4. The standard InChI is InChI=1S/C12H13ClN2O3/c1-6-4-3-5-8(13)10(6)15-11(17)9(7(2)16)14-12(15)18/h3-5,7,9,16H,1-2H3,(H,14,18)/t7-,9+/m0/s1. The summed E-state index contributed by atoms with van der Waals surface area (Å²) in [7, 11) is 0. The van der Waals surface area contributed by atoms with Gasteiger partial charge in [-0.25, -0.2) is 9.69 Å². The molecule has 96 valence electrons. The summed E-state index contributed by atoms with van der Waals surface area (Å²) in [6.07, 6.45) is -0.950. The van der Waals surface area contributed by atoms with E-state index in [0.717, 1.165) is 10.5 Å². The van der Waals surface area contributed by atoms with Gasteiger partial charge in [-0.1, -0.05) is 23.7 Å². The first-order valence-corrected chi connectivity index (χ1v) is 5.89. The summed E-state index contributed by atoms with van der Waals surface area (Å²) < 4.78 is 0. The molecule has 1 aliphatic heterocycles. The van der Waals surface area contributed by atoms with Crippen molar-refractivity contribution in [2.45, 2.75) is 26.0 Å². The number of aliphatic hydroxyl groups excluding tert-OH is 1. The van der Waals surface area contributed by atoms with Crippen molar-refractivity contribution in [2.75, 3.05) is 4.90 Å². The number of hydrogen-bond acceptors (Lipinski definition) is 3. The van der Waals surface area contributed by atoms with Crippen LogP contribution in [0.4, 0.5) is 10.5 Å². The smallest absolute Gasteiger partial charge is 0.329 e. The molecule has 1 heterocycles. The highest BCUT2D eigenvalue weighted by molar-refractivity contribution is 6.36. The van der Waals surface area contributed by atoms with Crippen molar-refractivity contribution in [1.82, 2.24) is 5.32 Å². The highest BCUT2D eigenvalue weighted by atomic mass is 35.5.